The molecule has 0 atom stereocenters. The van der Waals surface area contributed by atoms with Crippen molar-refractivity contribution < 1.29 is 4.79 Å². The summed E-state index contributed by atoms with van der Waals surface area (Å²) in [5.74, 6) is 1.57. The second kappa shape index (κ2) is 8.41. The van der Waals surface area contributed by atoms with E-state index in [0.717, 1.165) is 18.2 Å². The zero-order valence-electron chi connectivity index (χ0n) is 14.0. The van der Waals surface area contributed by atoms with Crippen molar-refractivity contribution in [3.63, 3.8) is 0 Å². The molecule has 1 aromatic heterocycles. The minimum Gasteiger partial charge on any atom is -0.341 e. The normalized spacial score (nSPS) is 11.7. The van der Waals surface area contributed by atoms with Crippen LogP contribution in [0.15, 0.2) is 11.5 Å². The summed E-state index contributed by atoms with van der Waals surface area (Å²) in [5, 5.41) is 8.84. The SMILES string of the molecule is CC(C)CN(CC(C)C)C(=O)CSc1nncn1C(C)C. The van der Waals surface area contributed by atoms with Gasteiger partial charge in [-0.2, -0.15) is 0 Å². The van der Waals surface area contributed by atoms with E-state index >= 15 is 0 Å². The van der Waals surface area contributed by atoms with Crippen LogP contribution < -0.4 is 0 Å². The van der Waals surface area contributed by atoms with Crippen molar-refractivity contribution in [1.82, 2.24) is 19.7 Å². The average molecular weight is 312 g/mol. The molecule has 21 heavy (non-hydrogen) atoms. The van der Waals surface area contributed by atoms with Crippen LogP contribution in [-0.4, -0.2) is 44.4 Å². The third-order valence-corrected chi connectivity index (χ3v) is 3.89. The molecular formula is C15H28N4OS. The van der Waals surface area contributed by atoms with E-state index in [1.807, 2.05) is 9.47 Å². The van der Waals surface area contributed by atoms with Crippen LogP contribution in [0.2, 0.25) is 0 Å². The summed E-state index contributed by atoms with van der Waals surface area (Å²) in [6.07, 6.45) is 1.72. The fourth-order valence-electron chi connectivity index (χ4n) is 2.07. The zero-order valence-corrected chi connectivity index (χ0v) is 14.9. The standard InChI is InChI=1S/C15H28N4OS/c1-11(2)7-18(8-12(3)4)14(20)9-21-15-17-16-10-19(15)13(5)6/h10-13H,7-9H2,1-6H3. The van der Waals surface area contributed by atoms with Crippen LogP contribution in [0.25, 0.3) is 0 Å². The van der Waals surface area contributed by atoms with Crippen LogP contribution >= 0.6 is 11.8 Å². The summed E-state index contributed by atoms with van der Waals surface area (Å²) in [7, 11) is 0. The summed E-state index contributed by atoms with van der Waals surface area (Å²) < 4.78 is 1.99. The quantitative estimate of drug-likeness (QED) is 0.692. The minimum absolute atomic E-state index is 0.181. The van der Waals surface area contributed by atoms with Crippen LogP contribution in [0, 0.1) is 11.8 Å². The highest BCUT2D eigenvalue weighted by Gasteiger charge is 2.18. The third-order valence-electron chi connectivity index (χ3n) is 2.95. The number of amides is 1. The van der Waals surface area contributed by atoms with Gasteiger partial charge in [0.05, 0.1) is 5.75 Å². The summed E-state index contributed by atoms with van der Waals surface area (Å²) in [6, 6.07) is 0.306. The van der Waals surface area contributed by atoms with Crippen LogP contribution in [0.4, 0.5) is 0 Å². The molecule has 0 fully saturated rings. The second-order valence-electron chi connectivity index (χ2n) is 6.49. The molecule has 6 heteroatoms. The maximum atomic E-state index is 12.4. The number of nitrogens with zero attached hydrogens (tertiary/aromatic N) is 4. The molecule has 0 saturated heterocycles. The Balaban J connectivity index is 2.62. The van der Waals surface area contributed by atoms with Gasteiger partial charge in [0.25, 0.3) is 0 Å². The van der Waals surface area contributed by atoms with E-state index in [0.29, 0.717) is 23.6 Å². The van der Waals surface area contributed by atoms with Gasteiger partial charge >= 0.3 is 0 Å². The molecular weight excluding hydrogens is 284 g/mol. The first kappa shape index (κ1) is 18.0. The molecule has 1 aromatic rings. The number of carbonyl (C=O) groups is 1. The smallest absolute Gasteiger partial charge is 0.233 e. The molecule has 0 saturated carbocycles. The van der Waals surface area contributed by atoms with Crippen LogP contribution in [0.3, 0.4) is 0 Å². The Kier molecular flexibility index (Phi) is 7.22. The van der Waals surface area contributed by atoms with E-state index in [1.165, 1.54) is 11.8 Å². The Hall–Kier alpha value is -1.04. The number of hydrogen-bond acceptors (Lipinski definition) is 4. The third kappa shape index (κ3) is 6.08. The molecule has 0 aliphatic carbocycles. The van der Waals surface area contributed by atoms with Crippen molar-refractivity contribution in [2.75, 3.05) is 18.8 Å². The van der Waals surface area contributed by atoms with E-state index in [1.54, 1.807) is 6.33 Å². The predicted molar refractivity (Wildman–Crippen MR) is 87.4 cm³/mol. The lowest BCUT2D eigenvalue weighted by Crippen LogP contribution is -2.38. The number of carbonyl (C=O) groups excluding carboxylic acids is 1. The lowest BCUT2D eigenvalue weighted by Gasteiger charge is -2.26. The highest BCUT2D eigenvalue weighted by molar-refractivity contribution is 7.99. The fourth-order valence-corrected chi connectivity index (χ4v) is 3.01. The van der Waals surface area contributed by atoms with Gasteiger partial charge in [-0.15, -0.1) is 10.2 Å². The molecule has 0 bridgehead atoms. The van der Waals surface area contributed by atoms with Crippen molar-refractivity contribution in [2.45, 2.75) is 52.7 Å². The molecule has 0 aliphatic heterocycles. The number of thioether (sulfide) groups is 1. The molecule has 0 aliphatic rings. The molecule has 0 spiro atoms. The summed E-state index contributed by atoms with van der Waals surface area (Å²) in [5.41, 5.74) is 0. The number of rotatable bonds is 8. The van der Waals surface area contributed by atoms with Gasteiger partial charge in [0.1, 0.15) is 6.33 Å². The van der Waals surface area contributed by atoms with E-state index in [4.69, 9.17) is 0 Å². The van der Waals surface area contributed by atoms with Gasteiger partial charge in [-0.25, -0.2) is 0 Å². The monoisotopic (exact) mass is 312 g/mol. The Labute approximate surface area is 132 Å². The Morgan fingerprint density at radius 1 is 1.19 bits per heavy atom. The molecule has 0 aromatic carbocycles. The van der Waals surface area contributed by atoms with Crippen molar-refractivity contribution >= 4 is 17.7 Å². The van der Waals surface area contributed by atoms with Crippen molar-refractivity contribution in [1.29, 1.82) is 0 Å². The molecule has 1 amide bonds. The maximum Gasteiger partial charge on any atom is 0.233 e. The Morgan fingerprint density at radius 2 is 1.76 bits per heavy atom. The highest BCUT2D eigenvalue weighted by Crippen LogP contribution is 2.19. The van der Waals surface area contributed by atoms with E-state index in [-0.39, 0.29) is 5.91 Å². The van der Waals surface area contributed by atoms with E-state index in [9.17, 15) is 4.79 Å². The first-order valence-electron chi connectivity index (χ1n) is 7.61. The van der Waals surface area contributed by atoms with Gasteiger partial charge in [-0.1, -0.05) is 39.5 Å². The molecule has 1 heterocycles. The lowest BCUT2D eigenvalue weighted by molar-refractivity contribution is -0.129. The number of hydrogen-bond donors (Lipinski definition) is 0. The topological polar surface area (TPSA) is 51.0 Å². The molecule has 0 N–H and O–H groups in total. The summed E-state index contributed by atoms with van der Waals surface area (Å²) >= 11 is 1.47. The molecule has 1 rings (SSSR count). The van der Waals surface area contributed by atoms with Crippen molar-refractivity contribution in [2.24, 2.45) is 11.8 Å². The first-order chi connectivity index (χ1) is 9.81. The molecule has 0 unspecified atom stereocenters. The highest BCUT2D eigenvalue weighted by atomic mass is 32.2. The average Bonchev–Trinajstić information content (AvgIpc) is 2.82. The van der Waals surface area contributed by atoms with Gasteiger partial charge in [0, 0.05) is 19.1 Å². The fraction of sp³-hybridized carbons (Fsp3) is 0.800. The summed E-state index contributed by atoms with van der Waals surface area (Å²) in [6.45, 7) is 14.4. The molecule has 0 radical (unpaired) electrons. The number of aromatic nitrogens is 3. The van der Waals surface area contributed by atoms with Gasteiger partial charge in [-0.05, 0) is 25.7 Å². The van der Waals surface area contributed by atoms with Crippen LogP contribution in [-0.2, 0) is 4.79 Å². The molecule has 120 valence electrons. The Morgan fingerprint density at radius 3 is 2.24 bits per heavy atom. The van der Waals surface area contributed by atoms with Crippen LogP contribution in [0.1, 0.15) is 47.6 Å². The van der Waals surface area contributed by atoms with E-state index in [2.05, 4.69) is 51.7 Å². The maximum absolute atomic E-state index is 12.4. The van der Waals surface area contributed by atoms with Gasteiger partial charge in [0.2, 0.25) is 5.91 Å². The zero-order chi connectivity index (χ0) is 16.0. The summed E-state index contributed by atoms with van der Waals surface area (Å²) in [4.78, 5) is 14.4. The predicted octanol–water partition coefficient (Wildman–Crippen LogP) is 3.09. The van der Waals surface area contributed by atoms with E-state index < -0.39 is 0 Å². The van der Waals surface area contributed by atoms with Gasteiger partial charge in [0.15, 0.2) is 5.16 Å². The minimum atomic E-state index is 0.181. The first-order valence-corrected chi connectivity index (χ1v) is 8.59. The second-order valence-corrected chi connectivity index (χ2v) is 7.43. The Bertz CT molecular complexity index is 433. The van der Waals surface area contributed by atoms with Crippen LogP contribution in [0.5, 0.6) is 0 Å². The lowest BCUT2D eigenvalue weighted by atomic mass is 10.1. The van der Waals surface area contributed by atoms with Crippen molar-refractivity contribution in [3.8, 4) is 0 Å². The van der Waals surface area contributed by atoms with Gasteiger partial charge < -0.3 is 9.47 Å². The largest absolute Gasteiger partial charge is 0.341 e. The molecule has 5 nitrogen and oxygen atoms in total. The van der Waals surface area contributed by atoms with Gasteiger partial charge in [-0.3, -0.25) is 4.79 Å². The van der Waals surface area contributed by atoms with Crippen molar-refractivity contribution in [3.05, 3.63) is 6.33 Å².